The summed E-state index contributed by atoms with van der Waals surface area (Å²) in [7, 11) is 3.05. The number of methoxy groups -OCH3 is 2. The third-order valence-electron chi connectivity index (χ3n) is 3.51. The predicted octanol–water partition coefficient (Wildman–Crippen LogP) is 2.02. The van der Waals surface area contributed by atoms with E-state index in [2.05, 4.69) is 10.2 Å². The molecule has 0 radical (unpaired) electrons. The number of morpholine rings is 1. The van der Waals surface area contributed by atoms with Crippen molar-refractivity contribution in [3.8, 4) is 11.5 Å². The van der Waals surface area contributed by atoms with E-state index in [1.54, 1.807) is 12.1 Å². The molecular weight excluding hydrogens is 308 g/mol. The normalized spacial score (nSPS) is 15.4. The van der Waals surface area contributed by atoms with Crippen LogP contribution >= 0.6 is 11.6 Å². The number of hydrogen-bond acceptors (Lipinski definition) is 5. The van der Waals surface area contributed by atoms with E-state index in [4.69, 9.17) is 25.8 Å². The molecule has 122 valence electrons. The molecule has 0 unspecified atom stereocenters. The summed E-state index contributed by atoms with van der Waals surface area (Å²) in [6.45, 7) is 3.90. The summed E-state index contributed by atoms with van der Waals surface area (Å²) in [6, 6.07) is 3.28. The van der Waals surface area contributed by atoms with Crippen molar-refractivity contribution >= 4 is 23.2 Å². The molecule has 1 fully saturated rings. The lowest BCUT2D eigenvalue weighted by molar-refractivity contribution is -0.116. The molecule has 1 heterocycles. The molecule has 1 aromatic carbocycles. The minimum atomic E-state index is -0.0748. The molecule has 0 aliphatic carbocycles. The van der Waals surface area contributed by atoms with E-state index in [-0.39, 0.29) is 5.91 Å². The maximum Gasteiger partial charge on any atom is 0.225 e. The Morgan fingerprint density at radius 3 is 2.59 bits per heavy atom. The van der Waals surface area contributed by atoms with Crippen LogP contribution in [0.2, 0.25) is 5.02 Å². The molecule has 0 spiro atoms. The van der Waals surface area contributed by atoms with Crippen molar-refractivity contribution in [2.24, 2.45) is 0 Å². The largest absolute Gasteiger partial charge is 0.495 e. The topological polar surface area (TPSA) is 60.0 Å². The van der Waals surface area contributed by atoms with Gasteiger partial charge in [-0.3, -0.25) is 9.69 Å². The molecule has 0 atom stereocenters. The highest BCUT2D eigenvalue weighted by molar-refractivity contribution is 6.32. The summed E-state index contributed by atoms with van der Waals surface area (Å²) >= 11 is 6.04. The first-order valence-corrected chi connectivity index (χ1v) is 7.53. The lowest BCUT2D eigenvalue weighted by Crippen LogP contribution is -2.38. The Hall–Kier alpha value is -1.50. The summed E-state index contributed by atoms with van der Waals surface area (Å²) in [6.07, 6.45) is 0.411. The first-order valence-electron chi connectivity index (χ1n) is 7.15. The van der Waals surface area contributed by atoms with Crippen molar-refractivity contribution < 1.29 is 19.0 Å². The Labute approximate surface area is 135 Å². The molecule has 0 bridgehead atoms. The first kappa shape index (κ1) is 16.9. The average molecular weight is 329 g/mol. The van der Waals surface area contributed by atoms with Gasteiger partial charge in [-0.15, -0.1) is 0 Å². The molecule has 1 aliphatic heterocycles. The fraction of sp³-hybridized carbons (Fsp3) is 0.533. The van der Waals surface area contributed by atoms with Crippen LogP contribution in [0, 0.1) is 0 Å². The molecule has 22 heavy (non-hydrogen) atoms. The quantitative estimate of drug-likeness (QED) is 0.865. The average Bonchev–Trinajstić information content (AvgIpc) is 2.55. The van der Waals surface area contributed by atoms with Crippen LogP contribution in [0.1, 0.15) is 6.42 Å². The standard InChI is InChI=1S/C15H21ClN2O4/c1-20-13-10-12(14(21-2)9-11(13)16)17-15(19)3-4-18-5-7-22-8-6-18/h9-10H,3-8H2,1-2H3,(H,17,19). The zero-order valence-electron chi connectivity index (χ0n) is 12.9. The predicted molar refractivity (Wildman–Crippen MR) is 85.1 cm³/mol. The summed E-state index contributed by atoms with van der Waals surface area (Å²) in [5.41, 5.74) is 0.552. The number of nitrogens with zero attached hydrogens (tertiary/aromatic N) is 1. The van der Waals surface area contributed by atoms with Crippen LogP contribution in [-0.4, -0.2) is 57.9 Å². The molecule has 1 aromatic rings. The monoisotopic (exact) mass is 328 g/mol. The number of carbonyl (C=O) groups is 1. The van der Waals surface area contributed by atoms with Crippen LogP contribution < -0.4 is 14.8 Å². The molecule has 1 saturated heterocycles. The van der Waals surface area contributed by atoms with E-state index in [0.717, 1.165) is 26.3 Å². The summed E-state index contributed by atoms with van der Waals surface area (Å²) in [5.74, 6) is 0.922. The molecule has 1 aliphatic rings. The summed E-state index contributed by atoms with van der Waals surface area (Å²) in [5, 5.41) is 3.28. The van der Waals surface area contributed by atoms with Crippen LogP contribution in [-0.2, 0) is 9.53 Å². The third-order valence-corrected chi connectivity index (χ3v) is 3.80. The van der Waals surface area contributed by atoms with E-state index in [1.165, 1.54) is 14.2 Å². The first-order chi connectivity index (χ1) is 10.6. The van der Waals surface area contributed by atoms with Crippen molar-refractivity contribution in [3.05, 3.63) is 17.2 Å². The van der Waals surface area contributed by atoms with Crippen molar-refractivity contribution in [3.63, 3.8) is 0 Å². The van der Waals surface area contributed by atoms with Crippen molar-refractivity contribution in [1.29, 1.82) is 0 Å². The van der Waals surface area contributed by atoms with Crippen LogP contribution in [0.15, 0.2) is 12.1 Å². The van der Waals surface area contributed by atoms with Crippen LogP contribution in [0.5, 0.6) is 11.5 Å². The van der Waals surface area contributed by atoms with E-state index < -0.39 is 0 Å². The van der Waals surface area contributed by atoms with Crippen LogP contribution in [0.4, 0.5) is 5.69 Å². The SMILES string of the molecule is COc1cc(NC(=O)CCN2CCOCC2)c(OC)cc1Cl. The van der Waals surface area contributed by atoms with Gasteiger partial charge in [-0.2, -0.15) is 0 Å². The Morgan fingerprint density at radius 1 is 1.27 bits per heavy atom. The second kappa shape index (κ2) is 8.22. The van der Waals surface area contributed by atoms with Crippen LogP contribution in [0.25, 0.3) is 0 Å². The van der Waals surface area contributed by atoms with Crippen LogP contribution in [0.3, 0.4) is 0 Å². The number of nitrogens with one attached hydrogen (secondary N) is 1. The molecular formula is C15H21ClN2O4. The third kappa shape index (κ3) is 4.50. The van der Waals surface area contributed by atoms with Crippen molar-refractivity contribution in [2.75, 3.05) is 52.4 Å². The lowest BCUT2D eigenvalue weighted by Gasteiger charge is -2.26. The highest BCUT2D eigenvalue weighted by Crippen LogP contribution is 2.35. The molecule has 1 amide bonds. The van der Waals surface area contributed by atoms with Gasteiger partial charge in [0.05, 0.1) is 38.1 Å². The number of rotatable bonds is 6. The number of amides is 1. The van der Waals surface area contributed by atoms with Gasteiger partial charge in [0.25, 0.3) is 0 Å². The van der Waals surface area contributed by atoms with E-state index in [9.17, 15) is 4.79 Å². The Morgan fingerprint density at radius 2 is 1.95 bits per heavy atom. The summed E-state index contributed by atoms with van der Waals surface area (Å²) < 4.78 is 15.7. The number of carbonyl (C=O) groups excluding carboxylic acids is 1. The van der Waals surface area contributed by atoms with Gasteiger partial charge in [0.15, 0.2) is 0 Å². The van der Waals surface area contributed by atoms with Crippen molar-refractivity contribution in [2.45, 2.75) is 6.42 Å². The van der Waals surface area contributed by atoms with Gasteiger partial charge in [0, 0.05) is 38.2 Å². The second-order valence-corrected chi connectivity index (χ2v) is 5.35. The smallest absolute Gasteiger partial charge is 0.225 e. The Balaban J connectivity index is 1.95. The maximum absolute atomic E-state index is 12.1. The van der Waals surface area contributed by atoms with Gasteiger partial charge in [-0.25, -0.2) is 0 Å². The summed E-state index contributed by atoms with van der Waals surface area (Å²) in [4.78, 5) is 14.3. The molecule has 2 rings (SSSR count). The number of anilines is 1. The van der Waals surface area contributed by atoms with Gasteiger partial charge in [-0.1, -0.05) is 11.6 Å². The maximum atomic E-state index is 12.1. The van der Waals surface area contributed by atoms with Gasteiger partial charge in [-0.05, 0) is 0 Å². The number of ether oxygens (including phenoxy) is 3. The molecule has 7 heteroatoms. The molecule has 0 aromatic heterocycles. The second-order valence-electron chi connectivity index (χ2n) is 4.94. The Bertz CT molecular complexity index is 519. The minimum absolute atomic E-state index is 0.0748. The highest BCUT2D eigenvalue weighted by atomic mass is 35.5. The van der Waals surface area contributed by atoms with E-state index in [0.29, 0.717) is 35.2 Å². The number of hydrogen-bond donors (Lipinski definition) is 1. The number of halogens is 1. The molecule has 6 nitrogen and oxygen atoms in total. The number of benzene rings is 1. The van der Waals surface area contributed by atoms with Gasteiger partial charge in [0.2, 0.25) is 5.91 Å². The molecule has 1 N–H and O–H groups in total. The molecule has 0 saturated carbocycles. The van der Waals surface area contributed by atoms with Crippen molar-refractivity contribution in [1.82, 2.24) is 4.90 Å². The minimum Gasteiger partial charge on any atom is -0.495 e. The van der Waals surface area contributed by atoms with E-state index in [1.807, 2.05) is 0 Å². The Kier molecular flexibility index (Phi) is 6.30. The fourth-order valence-electron chi connectivity index (χ4n) is 2.26. The zero-order valence-corrected chi connectivity index (χ0v) is 13.6. The van der Waals surface area contributed by atoms with Gasteiger partial charge in [0.1, 0.15) is 11.5 Å². The van der Waals surface area contributed by atoms with Gasteiger partial charge < -0.3 is 19.5 Å². The highest BCUT2D eigenvalue weighted by Gasteiger charge is 2.15. The fourth-order valence-corrected chi connectivity index (χ4v) is 2.49. The van der Waals surface area contributed by atoms with Gasteiger partial charge >= 0.3 is 0 Å². The zero-order chi connectivity index (χ0) is 15.9. The van der Waals surface area contributed by atoms with E-state index >= 15 is 0 Å². The lowest BCUT2D eigenvalue weighted by atomic mass is 10.2.